The molecule has 0 saturated heterocycles. The lowest BCUT2D eigenvalue weighted by molar-refractivity contribution is 0.477. The highest BCUT2D eigenvalue weighted by Crippen LogP contribution is 2.53. The average molecular weight is 579 g/mol. The normalized spacial score (nSPS) is 14.4. The molecule has 0 unspecified atom stereocenters. The summed E-state index contributed by atoms with van der Waals surface area (Å²) < 4.78 is 6.80. The van der Waals surface area contributed by atoms with Crippen LogP contribution in [0.5, 0.6) is 11.5 Å². The van der Waals surface area contributed by atoms with E-state index < -0.39 is 5.31 Å². The van der Waals surface area contributed by atoms with Gasteiger partial charge in [-0.15, -0.1) is 0 Å². The van der Waals surface area contributed by atoms with Crippen LogP contribution in [0.4, 0.5) is 0 Å². The van der Waals surface area contributed by atoms with E-state index in [2.05, 4.69) is 135 Å². The van der Waals surface area contributed by atoms with Crippen molar-refractivity contribution in [2.75, 3.05) is 0 Å². The molecule has 0 amide bonds. The van der Waals surface area contributed by atoms with E-state index >= 15 is 0 Å². The third kappa shape index (κ3) is 4.63. The monoisotopic (exact) mass is 578 g/mol. The lowest BCUT2D eigenvalue weighted by atomic mass is 9.60. The number of rotatable bonds is 4. The fraction of sp³-hybridized carbons (Fsp3) is 0.163. The first-order chi connectivity index (χ1) is 22.0. The Morgan fingerprint density at radius 2 is 0.911 bits per heavy atom. The van der Waals surface area contributed by atoms with Crippen molar-refractivity contribution in [3.8, 4) is 67.1 Å². The molecule has 216 valence electrons. The number of hydrogen-bond donors (Lipinski definition) is 0. The van der Waals surface area contributed by atoms with Crippen LogP contribution in [-0.4, -0.2) is 7.85 Å². The second kappa shape index (κ2) is 11.0. The summed E-state index contributed by atoms with van der Waals surface area (Å²) in [5.74, 6) is 1.76. The molecule has 1 nitrogen and oxygen atoms in total. The zero-order valence-corrected chi connectivity index (χ0v) is 25.9. The van der Waals surface area contributed by atoms with Crippen molar-refractivity contribution in [3.05, 3.63) is 144 Å². The highest BCUT2D eigenvalue weighted by atomic mass is 16.5. The molecule has 6 aromatic carbocycles. The van der Waals surface area contributed by atoms with Gasteiger partial charge in [0.1, 0.15) is 11.5 Å². The Kier molecular flexibility index (Phi) is 6.75. The zero-order chi connectivity index (χ0) is 30.5. The van der Waals surface area contributed by atoms with Gasteiger partial charge in [0.05, 0.1) is 7.85 Å². The first kappa shape index (κ1) is 27.7. The zero-order valence-electron chi connectivity index (χ0n) is 25.9. The van der Waals surface area contributed by atoms with Gasteiger partial charge in [0.25, 0.3) is 0 Å². The summed E-state index contributed by atoms with van der Waals surface area (Å²) in [7, 11) is 7.44. The second-order valence-electron chi connectivity index (χ2n) is 12.8. The van der Waals surface area contributed by atoms with Crippen LogP contribution in [0.3, 0.4) is 0 Å². The molecule has 8 rings (SSSR count). The van der Waals surface area contributed by atoms with E-state index in [-0.39, 0.29) is 0 Å². The molecule has 0 N–H and O–H groups in total. The summed E-state index contributed by atoms with van der Waals surface area (Å²) in [6.07, 6.45) is 4.22. The van der Waals surface area contributed by atoms with Crippen LogP contribution in [0.2, 0.25) is 0 Å². The first-order valence-electron chi connectivity index (χ1n) is 16.1. The van der Waals surface area contributed by atoms with E-state index in [1.54, 1.807) is 0 Å². The van der Waals surface area contributed by atoms with Crippen molar-refractivity contribution in [1.82, 2.24) is 0 Å². The average Bonchev–Trinajstić information content (AvgIpc) is 3.53. The Hall–Kier alpha value is -4.82. The molecule has 0 bridgehead atoms. The molecule has 2 radical (unpaired) electrons. The molecule has 1 saturated carbocycles. The van der Waals surface area contributed by atoms with Crippen molar-refractivity contribution < 1.29 is 4.74 Å². The third-order valence-electron chi connectivity index (χ3n) is 9.94. The molecular formula is C43H35BO. The van der Waals surface area contributed by atoms with Gasteiger partial charge in [-0.05, 0) is 98.1 Å². The second-order valence-corrected chi connectivity index (χ2v) is 12.8. The van der Waals surface area contributed by atoms with Crippen molar-refractivity contribution in [3.63, 3.8) is 0 Å². The number of fused-ring (bicyclic) bond motifs is 8. The topological polar surface area (TPSA) is 9.23 Å². The molecule has 6 aromatic rings. The van der Waals surface area contributed by atoms with Crippen molar-refractivity contribution in [2.24, 2.45) is 0 Å². The van der Waals surface area contributed by atoms with Crippen LogP contribution in [-0.2, 0) is 5.31 Å². The lowest BCUT2D eigenvalue weighted by Crippen LogP contribution is -2.23. The Bertz CT molecular complexity index is 2080. The summed E-state index contributed by atoms with van der Waals surface area (Å²) in [4.78, 5) is 0. The fourth-order valence-corrected chi connectivity index (χ4v) is 7.59. The van der Waals surface area contributed by atoms with E-state index in [4.69, 9.17) is 12.6 Å². The van der Waals surface area contributed by atoms with Crippen LogP contribution in [0.15, 0.2) is 127 Å². The van der Waals surface area contributed by atoms with E-state index in [1.165, 1.54) is 50.1 Å². The Morgan fingerprint density at radius 3 is 1.47 bits per heavy atom. The summed E-state index contributed by atoms with van der Waals surface area (Å²) in [5.41, 5.74) is 15.6. The maximum Gasteiger partial charge on any atom is 0.138 e. The molecule has 0 atom stereocenters. The quantitative estimate of drug-likeness (QED) is 0.189. The van der Waals surface area contributed by atoms with Gasteiger partial charge in [0.2, 0.25) is 0 Å². The van der Waals surface area contributed by atoms with Crippen molar-refractivity contribution >= 4 is 7.85 Å². The Balaban J connectivity index is 1.47. The highest BCUT2D eigenvalue weighted by Gasteiger charge is 2.35. The molecule has 0 heterocycles. The molecular weight excluding hydrogens is 543 g/mol. The van der Waals surface area contributed by atoms with Crippen LogP contribution in [0, 0.1) is 13.8 Å². The largest absolute Gasteiger partial charge is 0.456 e. The minimum Gasteiger partial charge on any atom is -0.456 e. The molecule has 1 fully saturated rings. The van der Waals surface area contributed by atoms with Gasteiger partial charge in [-0.1, -0.05) is 141 Å². The summed E-state index contributed by atoms with van der Waals surface area (Å²) in [6.45, 7) is 4.24. The molecule has 0 aliphatic heterocycles. The maximum atomic E-state index is 7.44. The molecule has 2 aliphatic rings. The predicted octanol–water partition coefficient (Wildman–Crippen LogP) is 11.7. The summed E-state index contributed by atoms with van der Waals surface area (Å²) in [6, 6.07) is 46.1. The number of ether oxygens (including phenoxy) is 1. The van der Waals surface area contributed by atoms with Crippen molar-refractivity contribution in [1.29, 1.82) is 0 Å². The smallest absolute Gasteiger partial charge is 0.138 e. The van der Waals surface area contributed by atoms with Gasteiger partial charge in [-0.2, -0.15) is 0 Å². The number of hydrogen-bond acceptors (Lipinski definition) is 1. The summed E-state index contributed by atoms with van der Waals surface area (Å²) in [5, 5.41) is -0.414. The molecule has 2 aliphatic carbocycles. The Labute approximate surface area is 268 Å². The maximum absolute atomic E-state index is 7.44. The standard InChI is InChI=1S/C43H35BO/c1-28-14-3-10-23-41(28)45-42-29(2)15-13-22-36(42)39-26-37-34-20-8-6-18-32(34)30-16-4-5-17-31(30)33-19-7-9-21-35(33)38(37)27-40(39)43(44)24-11-12-25-43/h3-10,13-23,26-27H,11-12,24-25H2,1-2H3. The van der Waals surface area contributed by atoms with Crippen molar-refractivity contribution in [2.45, 2.75) is 44.8 Å². The molecule has 0 spiro atoms. The minimum atomic E-state index is -0.414. The highest BCUT2D eigenvalue weighted by molar-refractivity contribution is 6.17. The van der Waals surface area contributed by atoms with Gasteiger partial charge < -0.3 is 4.74 Å². The lowest BCUT2D eigenvalue weighted by Gasteiger charge is -2.32. The van der Waals surface area contributed by atoms with Gasteiger partial charge in [-0.25, -0.2) is 0 Å². The molecule has 2 heteroatoms. The van der Waals surface area contributed by atoms with Gasteiger partial charge >= 0.3 is 0 Å². The van der Waals surface area contributed by atoms with Crippen LogP contribution in [0.25, 0.3) is 55.6 Å². The number of benzene rings is 6. The number of aryl methyl sites for hydroxylation is 2. The number of para-hydroxylation sites is 2. The Morgan fingerprint density at radius 1 is 0.467 bits per heavy atom. The van der Waals surface area contributed by atoms with Gasteiger partial charge in [0, 0.05) is 5.56 Å². The molecule has 45 heavy (non-hydrogen) atoms. The van der Waals surface area contributed by atoms with Gasteiger partial charge in [-0.3, -0.25) is 0 Å². The third-order valence-corrected chi connectivity index (χ3v) is 9.94. The van der Waals surface area contributed by atoms with E-state index in [1.807, 2.05) is 6.07 Å². The first-order valence-corrected chi connectivity index (χ1v) is 16.1. The van der Waals surface area contributed by atoms with E-state index in [9.17, 15) is 0 Å². The SMILES string of the molecule is [B]C1(c2cc3c(cc2-c2cccc(C)c2Oc2ccccc2C)-c2ccccc2-c2ccccc2-c2ccccc2-3)CCCC1. The van der Waals surface area contributed by atoms with E-state index in [0.717, 1.165) is 59.4 Å². The van der Waals surface area contributed by atoms with Gasteiger partial charge in [0.15, 0.2) is 0 Å². The van der Waals surface area contributed by atoms with Crippen LogP contribution >= 0.6 is 0 Å². The van der Waals surface area contributed by atoms with E-state index in [0.29, 0.717) is 0 Å². The minimum absolute atomic E-state index is 0.414. The fourth-order valence-electron chi connectivity index (χ4n) is 7.59. The van der Waals surface area contributed by atoms with Crippen LogP contribution in [0.1, 0.15) is 42.4 Å². The molecule has 0 aromatic heterocycles. The van der Waals surface area contributed by atoms with Crippen LogP contribution < -0.4 is 4.74 Å². The predicted molar refractivity (Wildman–Crippen MR) is 189 cm³/mol. The summed E-state index contributed by atoms with van der Waals surface area (Å²) >= 11 is 0.